The normalized spacial score (nSPS) is 18.3. The van der Waals surface area contributed by atoms with Gasteiger partial charge in [0, 0.05) is 31.1 Å². The molecule has 0 N–H and O–H groups in total. The van der Waals surface area contributed by atoms with E-state index in [9.17, 15) is 9.18 Å². The molecule has 2 heterocycles. The molecule has 2 aromatic carbocycles. The lowest BCUT2D eigenvalue weighted by atomic mass is 9.96. The minimum absolute atomic E-state index is 0.0379. The van der Waals surface area contributed by atoms with Gasteiger partial charge in [-0.25, -0.2) is 4.39 Å². The number of halogens is 1. The number of piperidine rings is 2. The Morgan fingerprint density at radius 3 is 2.09 bits per heavy atom. The first-order chi connectivity index (χ1) is 16.8. The van der Waals surface area contributed by atoms with Crippen molar-refractivity contribution >= 4 is 5.91 Å². The quantitative estimate of drug-likeness (QED) is 0.523. The van der Waals surface area contributed by atoms with E-state index in [0.717, 1.165) is 55.6 Å². The average molecular weight is 478 g/mol. The zero-order valence-corrected chi connectivity index (χ0v) is 20.9. The predicted molar refractivity (Wildman–Crippen MR) is 136 cm³/mol. The fourth-order valence-electron chi connectivity index (χ4n) is 5.00. The molecule has 0 bridgehead atoms. The molecule has 0 aliphatic carbocycles. The lowest BCUT2D eigenvalue weighted by Gasteiger charge is -2.34. The lowest BCUT2D eigenvalue weighted by molar-refractivity contribution is 0.0707. The number of ether oxygens (including phenoxy) is 1. The van der Waals surface area contributed by atoms with Gasteiger partial charge >= 0.3 is 0 Å². The maximum Gasteiger partial charge on any atom is 0.253 e. The van der Waals surface area contributed by atoms with Crippen molar-refractivity contribution in [2.45, 2.75) is 45.2 Å². The highest BCUT2D eigenvalue weighted by Crippen LogP contribution is 2.26. The molecule has 35 heavy (non-hydrogen) atoms. The molecule has 5 nitrogen and oxygen atoms in total. The number of hydrogen-bond donors (Lipinski definition) is 0. The van der Waals surface area contributed by atoms with Crippen molar-refractivity contribution < 1.29 is 13.9 Å². The molecule has 4 rings (SSSR count). The Morgan fingerprint density at radius 1 is 0.971 bits per heavy atom. The summed E-state index contributed by atoms with van der Waals surface area (Å²) in [6, 6.07) is 18.1. The van der Waals surface area contributed by atoms with Crippen LogP contribution in [-0.4, -0.2) is 60.7 Å². The summed E-state index contributed by atoms with van der Waals surface area (Å²) in [5, 5.41) is 9.04. The van der Waals surface area contributed by atoms with Crippen LogP contribution < -0.4 is 4.74 Å². The molecule has 2 aliphatic heterocycles. The summed E-state index contributed by atoms with van der Waals surface area (Å²) in [5.41, 5.74) is 1.68. The van der Waals surface area contributed by atoms with E-state index < -0.39 is 5.67 Å². The van der Waals surface area contributed by atoms with Gasteiger partial charge in [-0.1, -0.05) is 24.3 Å². The molecule has 0 radical (unpaired) electrons. The topological polar surface area (TPSA) is 56.6 Å². The molecule has 2 aliphatic rings. The first kappa shape index (κ1) is 25.2. The van der Waals surface area contributed by atoms with Gasteiger partial charge in [0.25, 0.3) is 5.91 Å². The summed E-state index contributed by atoms with van der Waals surface area (Å²) in [6.07, 6.45) is 3.59. The molecule has 2 aromatic rings. The molecule has 6 heteroatoms. The van der Waals surface area contributed by atoms with Crippen molar-refractivity contribution in [2.75, 3.05) is 39.3 Å². The highest BCUT2D eigenvalue weighted by Gasteiger charge is 2.26. The van der Waals surface area contributed by atoms with E-state index in [1.807, 2.05) is 53.4 Å². The lowest BCUT2D eigenvalue weighted by Crippen LogP contribution is -2.41. The summed E-state index contributed by atoms with van der Waals surface area (Å²) >= 11 is 0. The number of nitriles is 1. The highest BCUT2D eigenvalue weighted by molar-refractivity contribution is 5.94. The molecular formula is C29H36FN3O2. The third-order valence-electron chi connectivity index (χ3n) is 7.08. The predicted octanol–water partition coefficient (Wildman–Crippen LogP) is 5.57. The number of rotatable bonds is 7. The van der Waals surface area contributed by atoms with Gasteiger partial charge in [0.15, 0.2) is 0 Å². The van der Waals surface area contributed by atoms with Crippen LogP contribution in [-0.2, 0) is 0 Å². The van der Waals surface area contributed by atoms with Crippen LogP contribution in [0.5, 0.6) is 5.75 Å². The number of carbonyl (C=O) groups is 1. The van der Waals surface area contributed by atoms with Gasteiger partial charge in [-0.05, 0) is 93.9 Å². The minimum Gasteiger partial charge on any atom is -0.493 e. The third kappa shape index (κ3) is 7.05. The number of carbonyl (C=O) groups excluding carboxylic acids is 1. The molecule has 0 aromatic heterocycles. The summed E-state index contributed by atoms with van der Waals surface area (Å²) in [4.78, 5) is 16.8. The fraction of sp³-hybridized carbons (Fsp3) is 0.517. The Morgan fingerprint density at radius 2 is 1.54 bits per heavy atom. The first-order valence-electron chi connectivity index (χ1n) is 12.7. The number of benzene rings is 2. The van der Waals surface area contributed by atoms with Gasteiger partial charge in [-0.2, -0.15) is 5.26 Å². The number of hydrogen-bond acceptors (Lipinski definition) is 4. The monoisotopic (exact) mass is 477 g/mol. The van der Waals surface area contributed by atoms with Gasteiger partial charge in [0.05, 0.1) is 12.7 Å². The van der Waals surface area contributed by atoms with Crippen LogP contribution in [0.1, 0.15) is 49.9 Å². The number of alkyl halides is 1. The van der Waals surface area contributed by atoms with Gasteiger partial charge in [-0.15, -0.1) is 0 Å². The second-order valence-corrected chi connectivity index (χ2v) is 10.5. The molecule has 0 spiro atoms. The van der Waals surface area contributed by atoms with E-state index >= 15 is 0 Å². The van der Waals surface area contributed by atoms with Crippen molar-refractivity contribution in [3.8, 4) is 22.9 Å². The standard InChI is InChI=1S/C29H36FN3O2/c1-29(2,30)21-32-15-11-23(12-16-32)20-35-27-9-7-25(8-10-27)24-3-5-26(6-4-24)28(34)33-17-13-22(19-31)14-18-33/h3-10,22-23H,11-18,20-21H2,1-2H3. The van der Waals surface area contributed by atoms with E-state index in [1.165, 1.54) is 0 Å². The summed E-state index contributed by atoms with van der Waals surface area (Å²) in [7, 11) is 0. The third-order valence-corrected chi connectivity index (χ3v) is 7.08. The van der Waals surface area contributed by atoms with Gasteiger partial charge < -0.3 is 14.5 Å². The zero-order valence-electron chi connectivity index (χ0n) is 20.9. The van der Waals surface area contributed by atoms with Crippen molar-refractivity contribution in [3.05, 3.63) is 54.1 Å². The Balaban J connectivity index is 1.25. The molecule has 2 fully saturated rings. The van der Waals surface area contributed by atoms with Crippen molar-refractivity contribution in [2.24, 2.45) is 11.8 Å². The highest BCUT2D eigenvalue weighted by atomic mass is 19.1. The Kier molecular flexibility index (Phi) is 8.07. The maximum absolute atomic E-state index is 13.9. The molecule has 2 saturated heterocycles. The minimum atomic E-state index is -1.14. The summed E-state index contributed by atoms with van der Waals surface area (Å²) < 4.78 is 19.9. The van der Waals surface area contributed by atoms with Crippen molar-refractivity contribution in [1.29, 1.82) is 5.26 Å². The van der Waals surface area contributed by atoms with Crippen molar-refractivity contribution in [1.82, 2.24) is 9.80 Å². The van der Waals surface area contributed by atoms with E-state index in [2.05, 4.69) is 11.0 Å². The summed E-state index contributed by atoms with van der Waals surface area (Å²) in [6.45, 7) is 7.62. The maximum atomic E-state index is 13.9. The summed E-state index contributed by atoms with van der Waals surface area (Å²) in [5.74, 6) is 1.47. The largest absolute Gasteiger partial charge is 0.493 e. The van der Waals surface area contributed by atoms with Gasteiger partial charge in [0.2, 0.25) is 0 Å². The fourth-order valence-corrected chi connectivity index (χ4v) is 5.00. The molecule has 0 saturated carbocycles. The second kappa shape index (κ2) is 11.2. The Bertz CT molecular complexity index is 1010. The average Bonchev–Trinajstić information content (AvgIpc) is 2.87. The smallest absolute Gasteiger partial charge is 0.253 e. The van der Waals surface area contributed by atoms with Crippen LogP contribution in [0.25, 0.3) is 11.1 Å². The van der Waals surface area contributed by atoms with Crippen LogP contribution in [0.4, 0.5) is 4.39 Å². The molecule has 0 atom stereocenters. The zero-order chi connectivity index (χ0) is 24.8. The van der Waals surface area contributed by atoms with Crippen LogP contribution >= 0.6 is 0 Å². The molecule has 186 valence electrons. The van der Waals surface area contributed by atoms with Crippen LogP contribution in [0, 0.1) is 23.2 Å². The van der Waals surface area contributed by atoms with Gasteiger partial charge in [-0.3, -0.25) is 4.79 Å². The van der Waals surface area contributed by atoms with Crippen LogP contribution in [0.15, 0.2) is 48.5 Å². The number of amides is 1. The van der Waals surface area contributed by atoms with E-state index in [-0.39, 0.29) is 11.8 Å². The van der Waals surface area contributed by atoms with Gasteiger partial charge in [0.1, 0.15) is 11.4 Å². The second-order valence-electron chi connectivity index (χ2n) is 10.5. The van der Waals surface area contributed by atoms with Crippen molar-refractivity contribution in [3.63, 3.8) is 0 Å². The first-order valence-corrected chi connectivity index (χ1v) is 12.7. The number of nitrogens with zero attached hydrogens (tertiary/aromatic N) is 3. The SMILES string of the molecule is CC(C)(F)CN1CCC(COc2ccc(-c3ccc(C(=O)N4CCC(C#N)CC4)cc3)cc2)CC1. The van der Waals surface area contributed by atoms with E-state index in [4.69, 9.17) is 10.00 Å². The molecule has 0 unspecified atom stereocenters. The van der Waals surface area contributed by atoms with Crippen LogP contribution in [0.2, 0.25) is 0 Å². The Hall–Kier alpha value is -2.91. The Labute approximate surface area is 208 Å². The van der Waals surface area contributed by atoms with Crippen LogP contribution in [0.3, 0.4) is 0 Å². The molecular weight excluding hydrogens is 441 g/mol. The molecule has 1 amide bonds. The van der Waals surface area contributed by atoms with E-state index in [0.29, 0.717) is 37.7 Å². The van der Waals surface area contributed by atoms with E-state index in [1.54, 1.807) is 13.8 Å². The number of likely N-dealkylation sites (tertiary alicyclic amines) is 2.